The maximum atomic E-state index is 13.4. The summed E-state index contributed by atoms with van der Waals surface area (Å²) >= 11 is 0. The molecule has 0 radical (unpaired) electrons. The lowest BCUT2D eigenvalue weighted by atomic mass is 10.1. The van der Waals surface area contributed by atoms with Gasteiger partial charge in [0, 0.05) is 32.4 Å². The Morgan fingerprint density at radius 3 is 2.72 bits per heavy atom. The Labute approximate surface area is 173 Å². The highest BCUT2D eigenvalue weighted by Crippen LogP contribution is 2.24. The Balaban J connectivity index is 1.61. The van der Waals surface area contributed by atoms with Gasteiger partial charge in [0.1, 0.15) is 5.65 Å². The summed E-state index contributed by atoms with van der Waals surface area (Å²) in [4.78, 5) is 22.4. The maximum absolute atomic E-state index is 13.4. The lowest BCUT2D eigenvalue weighted by molar-refractivity contribution is 0.0788. The molecular formula is C24H30N4O. The minimum Gasteiger partial charge on any atom is -0.340 e. The highest BCUT2D eigenvalue weighted by atomic mass is 16.2. The maximum Gasteiger partial charge on any atom is 0.274 e. The standard InChI is InChI=1S/C24H30N4O/c1-18-9-7-15-28-21(17-27-14-8-10-19(27)2)22(25-23(18)28)24(29)26(3)16-13-20-11-5-4-6-12-20/h4-7,9,11-12,15,19H,8,10,13-14,16-17H2,1-3H3. The molecule has 1 atom stereocenters. The molecule has 1 aliphatic rings. The van der Waals surface area contributed by atoms with E-state index in [9.17, 15) is 4.79 Å². The van der Waals surface area contributed by atoms with Crippen molar-refractivity contribution in [3.63, 3.8) is 0 Å². The van der Waals surface area contributed by atoms with Crippen molar-refractivity contribution < 1.29 is 4.79 Å². The van der Waals surface area contributed by atoms with Crippen molar-refractivity contribution in [3.8, 4) is 0 Å². The largest absolute Gasteiger partial charge is 0.340 e. The van der Waals surface area contributed by atoms with E-state index in [2.05, 4.69) is 41.3 Å². The number of pyridine rings is 1. The lowest BCUT2D eigenvalue weighted by Gasteiger charge is -2.22. The average molecular weight is 391 g/mol. The van der Waals surface area contributed by atoms with Crippen molar-refractivity contribution in [1.82, 2.24) is 19.2 Å². The first kappa shape index (κ1) is 19.6. The molecule has 1 aliphatic heterocycles. The number of carbonyl (C=O) groups is 1. The van der Waals surface area contributed by atoms with Crippen LogP contribution in [0.25, 0.3) is 5.65 Å². The normalized spacial score (nSPS) is 17.1. The number of amides is 1. The molecule has 0 N–H and O–H groups in total. The molecule has 1 saturated heterocycles. The third kappa shape index (κ3) is 4.06. The minimum absolute atomic E-state index is 0.00545. The Hall–Kier alpha value is -2.66. The second kappa shape index (κ2) is 8.37. The Morgan fingerprint density at radius 1 is 1.21 bits per heavy atom. The number of imidazole rings is 1. The van der Waals surface area contributed by atoms with E-state index in [-0.39, 0.29) is 5.91 Å². The number of likely N-dealkylation sites (tertiary alicyclic amines) is 1. The molecule has 0 spiro atoms. The zero-order valence-corrected chi connectivity index (χ0v) is 17.6. The zero-order valence-electron chi connectivity index (χ0n) is 17.6. The van der Waals surface area contributed by atoms with Crippen LogP contribution in [0.2, 0.25) is 0 Å². The van der Waals surface area contributed by atoms with Crippen LogP contribution in [-0.4, -0.2) is 51.3 Å². The van der Waals surface area contributed by atoms with Gasteiger partial charge < -0.3 is 9.30 Å². The van der Waals surface area contributed by atoms with Crippen molar-refractivity contribution >= 4 is 11.6 Å². The Bertz CT molecular complexity index is 995. The molecule has 0 bridgehead atoms. The van der Waals surface area contributed by atoms with Crippen molar-refractivity contribution in [1.29, 1.82) is 0 Å². The van der Waals surface area contributed by atoms with E-state index < -0.39 is 0 Å². The molecule has 1 aromatic carbocycles. The number of rotatable bonds is 6. The minimum atomic E-state index is 0.00545. The van der Waals surface area contributed by atoms with E-state index in [4.69, 9.17) is 4.98 Å². The topological polar surface area (TPSA) is 40.9 Å². The van der Waals surface area contributed by atoms with Gasteiger partial charge in [-0.1, -0.05) is 36.4 Å². The fourth-order valence-electron chi connectivity index (χ4n) is 4.22. The van der Waals surface area contributed by atoms with Gasteiger partial charge in [0.05, 0.1) is 5.69 Å². The van der Waals surface area contributed by atoms with Crippen LogP contribution in [0.15, 0.2) is 48.7 Å². The number of fused-ring (bicyclic) bond motifs is 1. The van der Waals surface area contributed by atoms with E-state index >= 15 is 0 Å². The predicted molar refractivity (Wildman–Crippen MR) is 116 cm³/mol. The number of hydrogen-bond acceptors (Lipinski definition) is 3. The smallest absolute Gasteiger partial charge is 0.274 e. The van der Waals surface area contributed by atoms with Crippen molar-refractivity contribution in [2.24, 2.45) is 0 Å². The number of likely N-dealkylation sites (N-methyl/N-ethyl adjacent to an activating group) is 1. The summed E-state index contributed by atoms with van der Waals surface area (Å²) in [6, 6.07) is 14.9. The molecule has 3 aromatic rings. The van der Waals surface area contributed by atoms with E-state index in [0.717, 1.165) is 36.4 Å². The van der Waals surface area contributed by atoms with Gasteiger partial charge in [-0.05, 0) is 56.8 Å². The molecule has 1 fully saturated rings. The Kier molecular flexibility index (Phi) is 5.67. The van der Waals surface area contributed by atoms with Gasteiger partial charge in [0.2, 0.25) is 0 Å². The molecule has 0 saturated carbocycles. The number of carbonyl (C=O) groups excluding carboxylic acids is 1. The van der Waals surface area contributed by atoms with Gasteiger partial charge in [0.15, 0.2) is 5.69 Å². The van der Waals surface area contributed by atoms with Gasteiger partial charge in [-0.3, -0.25) is 9.69 Å². The van der Waals surface area contributed by atoms with Crippen molar-refractivity contribution in [2.75, 3.05) is 20.1 Å². The summed E-state index contributed by atoms with van der Waals surface area (Å²) in [6.07, 6.45) is 5.31. The van der Waals surface area contributed by atoms with Gasteiger partial charge in [-0.25, -0.2) is 4.98 Å². The Morgan fingerprint density at radius 2 is 2.00 bits per heavy atom. The quantitative estimate of drug-likeness (QED) is 0.640. The zero-order chi connectivity index (χ0) is 20.4. The summed E-state index contributed by atoms with van der Waals surface area (Å²) in [5, 5.41) is 0. The molecule has 5 heteroatoms. The molecule has 3 heterocycles. The molecule has 1 amide bonds. The molecule has 152 valence electrons. The highest BCUT2D eigenvalue weighted by Gasteiger charge is 2.27. The molecule has 2 aromatic heterocycles. The van der Waals surface area contributed by atoms with Crippen LogP contribution in [0.3, 0.4) is 0 Å². The van der Waals surface area contributed by atoms with Crippen LogP contribution < -0.4 is 0 Å². The number of aromatic nitrogens is 2. The summed E-state index contributed by atoms with van der Waals surface area (Å²) in [6.45, 7) is 6.85. The van der Waals surface area contributed by atoms with Crippen LogP contribution in [0.1, 0.15) is 47.1 Å². The van der Waals surface area contributed by atoms with Crippen LogP contribution in [0.5, 0.6) is 0 Å². The number of hydrogen-bond donors (Lipinski definition) is 0. The fourth-order valence-corrected chi connectivity index (χ4v) is 4.22. The van der Waals surface area contributed by atoms with Crippen molar-refractivity contribution in [3.05, 3.63) is 71.2 Å². The van der Waals surface area contributed by atoms with E-state index in [0.29, 0.717) is 18.3 Å². The molecular weight excluding hydrogens is 360 g/mol. The SMILES string of the molecule is Cc1cccn2c(CN3CCCC3C)c(C(=O)N(C)CCc3ccccc3)nc12. The first-order valence-electron chi connectivity index (χ1n) is 10.5. The fraction of sp³-hybridized carbons (Fsp3) is 0.417. The van der Waals surface area contributed by atoms with E-state index in [1.165, 1.54) is 18.4 Å². The second-order valence-electron chi connectivity index (χ2n) is 8.22. The third-order valence-electron chi connectivity index (χ3n) is 6.12. The summed E-state index contributed by atoms with van der Waals surface area (Å²) in [5.74, 6) is 0.00545. The molecule has 0 aliphatic carbocycles. The molecule has 4 rings (SSSR count). The first-order valence-corrected chi connectivity index (χ1v) is 10.5. The van der Waals surface area contributed by atoms with E-state index in [1.54, 1.807) is 4.90 Å². The lowest BCUT2D eigenvalue weighted by Crippen LogP contribution is -2.32. The van der Waals surface area contributed by atoms with Crippen LogP contribution in [0, 0.1) is 6.92 Å². The van der Waals surface area contributed by atoms with Gasteiger partial charge in [0.25, 0.3) is 5.91 Å². The van der Waals surface area contributed by atoms with Gasteiger partial charge in [-0.2, -0.15) is 0 Å². The first-order chi connectivity index (χ1) is 14.0. The monoisotopic (exact) mass is 390 g/mol. The highest BCUT2D eigenvalue weighted by molar-refractivity contribution is 5.94. The summed E-state index contributed by atoms with van der Waals surface area (Å²) < 4.78 is 2.11. The summed E-state index contributed by atoms with van der Waals surface area (Å²) in [7, 11) is 1.88. The number of nitrogens with zero attached hydrogens (tertiary/aromatic N) is 4. The molecule has 29 heavy (non-hydrogen) atoms. The van der Waals surface area contributed by atoms with Gasteiger partial charge >= 0.3 is 0 Å². The average Bonchev–Trinajstić information content (AvgIpc) is 3.31. The van der Waals surface area contributed by atoms with E-state index in [1.807, 2.05) is 37.5 Å². The molecule has 5 nitrogen and oxygen atoms in total. The third-order valence-corrected chi connectivity index (χ3v) is 6.12. The summed E-state index contributed by atoms with van der Waals surface area (Å²) in [5.41, 5.74) is 4.82. The number of aryl methyl sites for hydroxylation is 1. The second-order valence-corrected chi connectivity index (χ2v) is 8.22. The van der Waals surface area contributed by atoms with Crippen molar-refractivity contribution in [2.45, 2.75) is 45.7 Å². The van der Waals surface area contributed by atoms with Crippen LogP contribution >= 0.6 is 0 Å². The van der Waals surface area contributed by atoms with Crippen LogP contribution in [0.4, 0.5) is 0 Å². The van der Waals surface area contributed by atoms with Gasteiger partial charge in [-0.15, -0.1) is 0 Å². The van der Waals surface area contributed by atoms with Crippen LogP contribution in [-0.2, 0) is 13.0 Å². The predicted octanol–water partition coefficient (Wildman–Crippen LogP) is 3.94. The number of benzene rings is 1. The molecule has 1 unspecified atom stereocenters.